The number of nitrogens with zero attached hydrogens (tertiary/aromatic N) is 4. The van der Waals surface area contributed by atoms with Gasteiger partial charge in [0.2, 0.25) is 0 Å². The standard InChI is InChI=1S/C20H18Cl2N4O3/c1-25(2)11-17-23-19(20(28)29-3)24-26(17)16-9-8-12(21)10-14(16)18(27)13-6-4-5-7-15(13)22/h4-10H,11H2,1-3H3. The number of aromatic nitrogens is 3. The summed E-state index contributed by atoms with van der Waals surface area (Å²) in [6, 6.07) is 11.6. The molecule has 0 N–H and O–H groups in total. The van der Waals surface area contributed by atoms with Crippen molar-refractivity contribution in [2.75, 3.05) is 21.2 Å². The maximum Gasteiger partial charge on any atom is 0.377 e. The molecule has 1 heterocycles. The fourth-order valence-electron chi connectivity index (χ4n) is 2.77. The van der Waals surface area contributed by atoms with Crippen LogP contribution in [-0.4, -0.2) is 52.6 Å². The van der Waals surface area contributed by atoms with Gasteiger partial charge in [0.1, 0.15) is 5.82 Å². The lowest BCUT2D eigenvalue weighted by molar-refractivity contribution is 0.0586. The van der Waals surface area contributed by atoms with Crippen molar-refractivity contribution in [3.63, 3.8) is 0 Å². The number of carbonyl (C=O) groups is 2. The van der Waals surface area contributed by atoms with E-state index in [1.807, 2.05) is 19.0 Å². The number of carbonyl (C=O) groups excluding carboxylic acids is 2. The lowest BCUT2D eigenvalue weighted by Gasteiger charge is -2.14. The van der Waals surface area contributed by atoms with Crippen LogP contribution in [0.25, 0.3) is 5.69 Å². The largest absolute Gasteiger partial charge is 0.463 e. The Bertz CT molecular complexity index is 1080. The molecule has 150 valence electrons. The summed E-state index contributed by atoms with van der Waals surface area (Å²) >= 11 is 12.4. The molecule has 1 aromatic heterocycles. The smallest absolute Gasteiger partial charge is 0.377 e. The van der Waals surface area contributed by atoms with Crippen molar-refractivity contribution < 1.29 is 14.3 Å². The van der Waals surface area contributed by atoms with Crippen LogP contribution in [0.5, 0.6) is 0 Å². The number of rotatable bonds is 6. The summed E-state index contributed by atoms with van der Waals surface area (Å²) in [5.41, 5.74) is 1.05. The molecule has 7 nitrogen and oxygen atoms in total. The van der Waals surface area contributed by atoms with Crippen LogP contribution in [0, 0.1) is 0 Å². The zero-order chi connectivity index (χ0) is 21.1. The van der Waals surface area contributed by atoms with E-state index in [2.05, 4.69) is 10.1 Å². The monoisotopic (exact) mass is 432 g/mol. The topological polar surface area (TPSA) is 77.3 Å². The van der Waals surface area contributed by atoms with Gasteiger partial charge in [-0.2, -0.15) is 0 Å². The number of hydrogen-bond acceptors (Lipinski definition) is 6. The van der Waals surface area contributed by atoms with Gasteiger partial charge in [0.25, 0.3) is 5.82 Å². The van der Waals surface area contributed by atoms with Crippen molar-refractivity contribution in [3.8, 4) is 5.69 Å². The summed E-state index contributed by atoms with van der Waals surface area (Å²) < 4.78 is 6.18. The third-order valence-corrected chi connectivity index (χ3v) is 4.61. The zero-order valence-corrected chi connectivity index (χ0v) is 17.5. The highest BCUT2D eigenvalue weighted by Gasteiger charge is 2.23. The van der Waals surface area contributed by atoms with Crippen LogP contribution >= 0.6 is 23.2 Å². The molecule has 0 atom stereocenters. The average Bonchev–Trinajstić information content (AvgIpc) is 3.10. The molecule has 3 rings (SSSR count). The Balaban J connectivity index is 2.20. The number of ketones is 1. The minimum absolute atomic E-state index is 0.101. The quantitative estimate of drug-likeness (QED) is 0.436. The van der Waals surface area contributed by atoms with E-state index in [4.69, 9.17) is 27.9 Å². The Morgan fingerprint density at radius 1 is 1.10 bits per heavy atom. The third-order valence-electron chi connectivity index (χ3n) is 4.05. The van der Waals surface area contributed by atoms with Crippen molar-refractivity contribution in [1.82, 2.24) is 19.7 Å². The summed E-state index contributed by atoms with van der Waals surface area (Å²) in [5, 5.41) is 4.98. The van der Waals surface area contributed by atoms with E-state index < -0.39 is 5.97 Å². The number of methoxy groups -OCH3 is 1. The molecule has 9 heteroatoms. The Kier molecular flexibility index (Phi) is 6.32. The van der Waals surface area contributed by atoms with Crippen molar-refractivity contribution in [2.24, 2.45) is 0 Å². The summed E-state index contributed by atoms with van der Waals surface area (Å²) in [5.74, 6) is -0.628. The van der Waals surface area contributed by atoms with Gasteiger partial charge < -0.3 is 9.64 Å². The van der Waals surface area contributed by atoms with Gasteiger partial charge in [-0.05, 0) is 44.4 Å². The van der Waals surface area contributed by atoms with Gasteiger partial charge in [-0.3, -0.25) is 4.79 Å². The first-order valence-corrected chi connectivity index (χ1v) is 9.35. The summed E-state index contributed by atoms with van der Waals surface area (Å²) in [6.07, 6.45) is 0. The van der Waals surface area contributed by atoms with Gasteiger partial charge in [-0.15, -0.1) is 5.10 Å². The van der Waals surface area contributed by atoms with Crippen LogP contribution in [0.15, 0.2) is 42.5 Å². The average molecular weight is 433 g/mol. The van der Waals surface area contributed by atoms with Crippen LogP contribution in [0.1, 0.15) is 32.4 Å². The summed E-state index contributed by atoms with van der Waals surface area (Å²) in [4.78, 5) is 31.3. The van der Waals surface area contributed by atoms with Gasteiger partial charge in [-0.1, -0.05) is 35.3 Å². The Labute approximate surface area is 177 Å². The van der Waals surface area contributed by atoms with E-state index in [0.29, 0.717) is 33.7 Å². The first-order chi connectivity index (χ1) is 13.8. The molecule has 0 bridgehead atoms. The predicted octanol–water partition coefficient (Wildman–Crippen LogP) is 3.65. The normalized spacial score (nSPS) is 11.0. The van der Waals surface area contributed by atoms with Gasteiger partial charge in [0.05, 0.1) is 24.4 Å². The highest BCUT2D eigenvalue weighted by atomic mass is 35.5. The minimum Gasteiger partial charge on any atom is -0.463 e. The fraction of sp³-hybridized carbons (Fsp3) is 0.200. The van der Waals surface area contributed by atoms with E-state index in [9.17, 15) is 9.59 Å². The number of halogens is 2. The molecule has 0 aliphatic heterocycles. The molecule has 3 aromatic rings. The van der Waals surface area contributed by atoms with E-state index >= 15 is 0 Å². The molecule has 0 saturated heterocycles. The third kappa shape index (κ3) is 4.48. The van der Waals surface area contributed by atoms with Crippen LogP contribution in [-0.2, 0) is 11.3 Å². The Morgan fingerprint density at radius 2 is 1.83 bits per heavy atom. The lowest BCUT2D eigenvalue weighted by Crippen LogP contribution is -2.17. The van der Waals surface area contributed by atoms with Gasteiger partial charge in [0, 0.05) is 16.1 Å². The molecular weight excluding hydrogens is 415 g/mol. The van der Waals surface area contributed by atoms with Crippen LogP contribution < -0.4 is 0 Å². The Morgan fingerprint density at radius 3 is 2.48 bits per heavy atom. The second kappa shape index (κ2) is 8.73. The molecule has 0 spiro atoms. The van der Waals surface area contributed by atoms with Gasteiger partial charge >= 0.3 is 5.97 Å². The van der Waals surface area contributed by atoms with E-state index in [0.717, 1.165) is 0 Å². The summed E-state index contributed by atoms with van der Waals surface area (Å²) in [7, 11) is 4.96. The fourth-order valence-corrected chi connectivity index (χ4v) is 3.16. The van der Waals surface area contributed by atoms with Crippen molar-refractivity contribution >= 4 is 35.0 Å². The molecule has 0 amide bonds. The maximum absolute atomic E-state index is 13.2. The lowest BCUT2D eigenvalue weighted by atomic mass is 10.0. The molecule has 29 heavy (non-hydrogen) atoms. The second-order valence-corrected chi connectivity index (χ2v) is 7.31. The Hall–Kier alpha value is -2.74. The molecule has 0 aliphatic rings. The number of ether oxygens (including phenoxy) is 1. The maximum atomic E-state index is 13.2. The first-order valence-electron chi connectivity index (χ1n) is 8.60. The van der Waals surface area contributed by atoms with Gasteiger partial charge in [0.15, 0.2) is 5.78 Å². The predicted molar refractivity (Wildman–Crippen MR) is 110 cm³/mol. The molecule has 0 radical (unpaired) electrons. The SMILES string of the molecule is COC(=O)c1nc(CN(C)C)n(-c2ccc(Cl)cc2C(=O)c2ccccc2Cl)n1. The number of benzene rings is 2. The molecular formula is C20H18Cl2N4O3. The second-order valence-electron chi connectivity index (χ2n) is 6.46. The summed E-state index contributed by atoms with van der Waals surface area (Å²) in [6.45, 7) is 0.381. The highest BCUT2D eigenvalue weighted by molar-refractivity contribution is 6.35. The molecule has 0 fully saturated rings. The van der Waals surface area contributed by atoms with Crippen LogP contribution in [0.4, 0.5) is 0 Å². The minimum atomic E-state index is -0.670. The van der Waals surface area contributed by atoms with Gasteiger partial charge in [-0.25, -0.2) is 14.5 Å². The zero-order valence-electron chi connectivity index (χ0n) is 16.0. The molecule has 0 unspecified atom stereocenters. The highest BCUT2D eigenvalue weighted by Crippen LogP contribution is 2.26. The van der Waals surface area contributed by atoms with Crippen molar-refractivity contribution in [1.29, 1.82) is 0 Å². The molecule has 2 aromatic carbocycles. The molecule has 0 saturated carbocycles. The van der Waals surface area contributed by atoms with Crippen molar-refractivity contribution in [3.05, 3.63) is 75.3 Å². The number of hydrogen-bond donors (Lipinski definition) is 0. The van der Waals surface area contributed by atoms with E-state index in [1.54, 1.807) is 42.5 Å². The number of esters is 1. The molecule has 0 aliphatic carbocycles. The van der Waals surface area contributed by atoms with E-state index in [-0.39, 0.29) is 17.2 Å². The first kappa shape index (κ1) is 21.0. The van der Waals surface area contributed by atoms with Crippen LogP contribution in [0.3, 0.4) is 0 Å². The van der Waals surface area contributed by atoms with E-state index in [1.165, 1.54) is 11.8 Å². The van der Waals surface area contributed by atoms with Crippen molar-refractivity contribution in [2.45, 2.75) is 6.54 Å². The van der Waals surface area contributed by atoms with Crippen LogP contribution in [0.2, 0.25) is 10.0 Å².